The molecule has 1 unspecified atom stereocenters. The fourth-order valence-electron chi connectivity index (χ4n) is 2.63. The molecule has 0 saturated heterocycles. The number of hydrogen-bond acceptors (Lipinski definition) is 2. The van der Waals surface area contributed by atoms with Gasteiger partial charge in [-0.05, 0) is 52.2 Å². The third-order valence-electron chi connectivity index (χ3n) is 3.59. The van der Waals surface area contributed by atoms with Gasteiger partial charge in [-0.15, -0.1) is 0 Å². The Bertz CT molecular complexity index is 702. The van der Waals surface area contributed by atoms with Crippen molar-refractivity contribution < 1.29 is 4.79 Å². The molecular formula is C16H14Br2N2O. The molecule has 5 heteroatoms. The Morgan fingerprint density at radius 3 is 2.71 bits per heavy atom. The van der Waals surface area contributed by atoms with Crippen molar-refractivity contribution in [1.82, 2.24) is 0 Å². The number of nitrogens with two attached hydrogens (primary N) is 1. The molecule has 0 aliphatic carbocycles. The maximum absolute atomic E-state index is 12.9. The van der Waals surface area contributed by atoms with Gasteiger partial charge in [-0.1, -0.05) is 34.1 Å². The number of para-hydroxylation sites is 1. The van der Waals surface area contributed by atoms with E-state index in [1.807, 2.05) is 42.5 Å². The highest BCUT2D eigenvalue weighted by Crippen LogP contribution is 2.30. The molecule has 1 heterocycles. The molecule has 0 radical (unpaired) electrons. The lowest BCUT2D eigenvalue weighted by atomic mass is 9.97. The zero-order valence-corrected chi connectivity index (χ0v) is 14.4. The number of rotatable bonds is 1. The van der Waals surface area contributed by atoms with Crippen LogP contribution in [0.1, 0.15) is 15.9 Å². The zero-order chi connectivity index (χ0) is 15.0. The smallest absolute Gasteiger partial charge is 0.259 e. The van der Waals surface area contributed by atoms with Crippen LogP contribution in [0.15, 0.2) is 51.4 Å². The number of hydrogen-bond donors (Lipinski definition) is 1. The van der Waals surface area contributed by atoms with Crippen LogP contribution >= 0.6 is 31.9 Å². The van der Waals surface area contributed by atoms with Crippen LogP contribution in [0.25, 0.3) is 0 Å². The Hall–Kier alpha value is -1.17. The standard InChI is InChI=1S/C16H14Br2N2O/c17-11-5-6-13(14(18)8-11)16(21)20-9-12(19)7-10-3-1-2-4-15(10)20/h1-6,8,12H,7,9,19H2. The molecule has 2 aromatic carbocycles. The molecule has 2 aromatic rings. The van der Waals surface area contributed by atoms with Gasteiger partial charge in [0.25, 0.3) is 5.91 Å². The van der Waals surface area contributed by atoms with Gasteiger partial charge in [0.15, 0.2) is 0 Å². The van der Waals surface area contributed by atoms with Gasteiger partial charge < -0.3 is 10.6 Å². The number of benzene rings is 2. The summed E-state index contributed by atoms with van der Waals surface area (Å²) in [5, 5.41) is 0. The first-order valence-electron chi connectivity index (χ1n) is 6.66. The zero-order valence-electron chi connectivity index (χ0n) is 11.2. The summed E-state index contributed by atoms with van der Waals surface area (Å²) in [4.78, 5) is 14.6. The van der Waals surface area contributed by atoms with Gasteiger partial charge >= 0.3 is 0 Å². The second-order valence-corrected chi connectivity index (χ2v) is 6.90. The number of fused-ring (bicyclic) bond motifs is 1. The van der Waals surface area contributed by atoms with E-state index in [9.17, 15) is 4.79 Å². The predicted octanol–water partition coefficient (Wildman–Crippen LogP) is 3.74. The summed E-state index contributed by atoms with van der Waals surface area (Å²) >= 11 is 6.86. The van der Waals surface area contributed by atoms with Gasteiger partial charge in [0.2, 0.25) is 0 Å². The van der Waals surface area contributed by atoms with Crippen molar-refractivity contribution in [2.75, 3.05) is 11.4 Å². The van der Waals surface area contributed by atoms with Gasteiger partial charge in [-0.25, -0.2) is 0 Å². The predicted molar refractivity (Wildman–Crippen MR) is 91.6 cm³/mol. The van der Waals surface area contributed by atoms with Crippen LogP contribution in [0.2, 0.25) is 0 Å². The first kappa shape index (κ1) is 14.8. The maximum atomic E-state index is 12.9. The number of nitrogens with zero attached hydrogens (tertiary/aromatic N) is 1. The molecule has 2 N–H and O–H groups in total. The Morgan fingerprint density at radius 2 is 1.95 bits per heavy atom. The highest BCUT2D eigenvalue weighted by atomic mass is 79.9. The summed E-state index contributed by atoms with van der Waals surface area (Å²) in [6.45, 7) is 0.540. The lowest BCUT2D eigenvalue weighted by molar-refractivity contribution is 0.0982. The van der Waals surface area contributed by atoms with Crippen molar-refractivity contribution in [1.29, 1.82) is 0 Å². The van der Waals surface area contributed by atoms with E-state index in [-0.39, 0.29) is 11.9 Å². The van der Waals surface area contributed by atoms with E-state index in [0.29, 0.717) is 12.1 Å². The molecule has 1 atom stereocenters. The second-order valence-electron chi connectivity index (χ2n) is 5.13. The first-order chi connectivity index (χ1) is 10.1. The van der Waals surface area contributed by atoms with Crippen molar-refractivity contribution in [3.8, 4) is 0 Å². The SMILES string of the molecule is NC1Cc2ccccc2N(C(=O)c2ccc(Br)cc2Br)C1. The highest BCUT2D eigenvalue weighted by Gasteiger charge is 2.28. The van der Waals surface area contributed by atoms with Crippen LogP contribution in [0.4, 0.5) is 5.69 Å². The maximum Gasteiger partial charge on any atom is 0.259 e. The summed E-state index contributed by atoms with van der Waals surface area (Å²) in [5.74, 6) is -0.0306. The number of carbonyl (C=O) groups is 1. The highest BCUT2D eigenvalue weighted by molar-refractivity contribution is 9.11. The van der Waals surface area contributed by atoms with E-state index in [2.05, 4.69) is 31.9 Å². The number of amides is 1. The minimum Gasteiger partial charge on any atom is -0.326 e. The van der Waals surface area contributed by atoms with Crippen molar-refractivity contribution in [3.05, 3.63) is 62.5 Å². The van der Waals surface area contributed by atoms with Crippen LogP contribution in [0.3, 0.4) is 0 Å². The van der Waals surface area contributed by atoms with Crippen LogP contribution in [0, 0.1) is 0 Å². The molecule has 3 rings (SSSR count). The lowest BCUT2D eigenvalue weighted by Gasteiger charge is -2.33. The van der Waals surface area contributed by atoms with E-state index in [0.717, 1.165) is 26.6 Å². The summed E-state index contributed by atoms with van der Waals surface area (Å²) in [7, 11) is 0. The van der Waals surface area contributed by atoms with E-state index in [4.69, 9.17) is 5.73 Å². The first-order valence-corrected chi connectivity index (χ1v) is 8.25. The fraction of sp³-hybridized carbons (Fsp3) is 0.188. The monoisotopic (exact) mass is 408 g/mol. The topological polar surface area (TPSA) is 46.3 Å². The van der Waals surface area contributed by atoms with Crippen LogP contribution in [-0.4, -0.2) is 18.5 Å². The van der Waals surface area contributed by atoms with Crippen molar-refractivity contribution >= 4 is 43.5 Å². The normalized spacial score (nSPS) is 17.5. The Labute approximate surface area is 140 Å². The summed E-state index contributed by atoms with van der Waals surface area (Å²) < 4.78 is 1.71. The van der Waals surface area contributed by atoms with Gasteiger partial charge in [0, 0.05) is 27.2 Å². The number of anilines is 1. The molecule has 0 spiro atoms. The molecule has 3 nitrogen and oxygen atoms in total. The van der Waals surface area contributed by atoms with Gasteiger partial charge in [-0.2, -0.15) is 0 Å². The largest absolute Gasteiger partial charge is 0.326 e. The van der Waals surface area contributed by atoms with Crippen molar-refractivity contribution in [2.24, 2.45) is 5.73 Å². The Balaban J connectivity index is 2.02. The minimum absolute atomic E-state index is 0.0296. The molecule has 0 saturated carbocycles. The second kappa shape index (κ2) is 5.91. The van der Waals surface area contributed by atoms with E-state index < -0.39 is 0 Å². The van der Waals surface area contributed by atoms with Crippen LogP contribution < -0.4 is 10.6 Å². The van der Waals surface area contributed by atoms with Gasteiger partial charge in [-0.3, -0.25) is 4.79 Å². The third kappa shape index (κ3) is 2.91. The molecule has 108 valence electrons. The van der Waals surface area contributed by atoms with Crippen molar-refractivity contribution in [3.63, 3.8) is 0 Å². The molecule has 1 amide bonds. The lowest BCUT2D eigenvalue weighted by Crippen LogP contribution is -2.46. The minimum atomic E-state index is -0.0306. The Morgan fingerprint density at radius 1 is 1.19 bits per heavy atom. The van der Waals surface area contributed by atoms with Gasteiger partial charge in [0.05, 0.1) is 5.56 Å². The quantitative estimate of drug-likeness (QED) is 0.779. The summed E-state index contributed by atoms with van der Waals surface area (Å²) in [5.41, 5.74) is 8.83. The number of halogens is 2. The van der Waals surface area contributed by atoms with E-state index in [1.54, 1.807) is 4.90 Å². The molecule has 0 aromatic heterocycles. The molecule has 0 bridgehead atoms. The summed E-state index contributed by atoms with van der Waals surface area (Å²) in [6.07, 6.45) is 0.807. The van der Waals surface area contributed by atoms with E-state index >= 15 is 0 Å². The van der Waals surface area contributed by atoms with Crippen LogP contribution in [0.5, 0.6) is 0 Å². The molecule has 21 heavy (non-hydrogen) atoms. The summed E-state index contributed by atoms with van der Waals surface area (Å²) in [6, 6.07) is 13.5. The average Bonchev–Trinajstić information content (AvgIpc) is 2.45. The average molecular weight is 410 g/mol. The molecule has 0 fully saturated rings. The van der Waals surface area contributed by atoms with Crippen LogP contribution in [-0.2, 0) is 6.42 Å². The van der Waals surface area contributed by atoms with E-state index in [1.165, 1.54) is 0 Å². The number of carbonyl (C=O) groups excluding carboxylic acids is 1. The molecule has 1 aliphatic heterocycles. The molecule has 1 aliphatic rings. The van der Waals surface area contributed by atoms with Gasteiger partial charge in [0.1, 0.15) is 0 Å². The molecular weight excluding hydrogens is 396 g/mol. The van der Waals surface area contributed by atoms with Crippen molar-refractivity contribution in [2.45, 2.75) is 12.5 Å². The Kier molecular flexibility index (Phi) is 4.15. The fourth-order valence-corrected chi connectivity index (χ4v) is 3.84. The third-order valence-corrected chi connectivity index (χ3v) is 4.74.